The molecule has 2 N–H and O–H groups in total. The highest BCUT2D eigenvalue weighted by Crippen LogP contribution is 2.28. The first kappa shape index (κ1) is 23.5. The Labute approximate surface area is 200 Å². The van der Waals surface area contributed by atoms with Gasteiger partial charge in [-0.15, -0.1) is 24.0 Å². The van der Waals surface area contributed by atoms with Crippen molar-refractivity contribution in [2.75, 3.05) is 24.5 Å². The fourth-order valence-electron chi connectivity index (χ4n) is 4.24. The van der Waals surface area contributed by atoms with Crippen LogP contribution in [0.15, 0.2) is 29.3 Å². The third-order valence-corrected chi connectivity index (χ3v) is 5.64. The SMILES string of the molecule is CCNC(=NCCCC(=O)N1CCc2ccccc21)NC1CCCn2nc(C)nc21.I. The second-order valence-corrected chi connectivity index (χ2v) is 7.87. The molecule has 4 rings (SSSR count). The monoisotopic (exact) mass is 537 g/mol. The molecular formula is C22H32IN7O. The van der Waals surface area contributed by atoms with E-state index in [2.05, 4.69) is 33.7 Å². The number of carbonyl (C=O) groups excluding carboxylic acids is 1. The van der Waals surface area contributed by atoms with Gasteiger partial charge in [-0.25, -0.2) is 9.67 Å². The molecule has 1 aromatic heterocycles. The molecule has 31 heavy (non-hydrogen) atoms. The standard InChI is InChI=1S/C22H31N7O.HI/c1-3-23-22(26-18-9-7-14-29-21(18)25-16(2)27-29)24-13-6-11-20(30)28-15-12-17-8-4-5-10-19(17)28;/h4-5,8,10,18H,3,6-7,9,11-15H2,1-2H3,(H2,23,24,26);1H. The minimum atomic E-state index is 0. The Hall–Kier alpha value is -2.17. The van der Waals surface area contributed by atoms with E-state index >= 15 is 0 Å². The molecule has 1 amide bonds. The molecule has 0 saturated heterocycles. The molecule has 2 aliphatic rings. The van der Waals surface area contributed by atoms with Gasteiger partial charge in [0.1, 0.15) is 11.6 Å². The largest absolute Gasteiger partial charge is 0.357 e. The molecule has 9 heteroatoms. The minimum Gasteiger partial charge on any atom is -0.357 e. The highest BCUT2D eigenvalue weighted by Gasteiger charge is 2.25. The van der Waals surface area contributed by atoms with Crippen LogP contribution in [0.3, 0.4) is 0 Å². The molecule has 8 nitrogen and oxygen atoms in total. The number of para-hydroxylation sites is 1. The summed E-state index contributed by atoms with van der Waals surface area (Å²) in [6.07, 6.45) is 4.26. The second-order valence-electron chi connectivity index (χ2n) is 7.87. The molecule has 3 heterocycles. The van der Waals surface area contributed by atoms with Gasteiger partial charge in [0.15, 0.2) is 5.96 Å². The summed E-state index contributed by atoms with van der Waals surface area (Å²) in [7, 11) is 0. The van der Waals surface area contributed by atoms with Gasteiger partial charge in [0.05, 0.1) is 6.04 Å². The van der Waals surface area contributed by atoms with Gasteiger partial charge in [0.25, 0.3) is 0 Å². The van der Waals surface area contributed by atoms with Gasteiger partial charge in [-0.05, 0) is 51.2 Å². The molecule has 1 atom stereocenters. The first-order chi connectivity index (χ1) is 14.7. The van der Waals surface area contributed by atoms with E-state index in [1.165, 1.54) is 5.56 Å². The number of rotatable bonds is 6. The Balaban J connectivity index is 0.00000272. The van der Waals surface area contributed by atoms with Gasteiger partial charge in [0, 0.05) is 38.3 Å². The molecule has 1 unspecified atom stereocenters. The molecule has 0 fully saturated rings. The van der Waals surface area contributed by atoms with Gasteiger partial charge < -0.3 is 15.5 Å². The van der Waals surface area contributed by atoms with E-state index in [0.717, 1.165) is 68.6 Å². The average molecular weight is 537 g/mol. The number of aromatic nitrogens is 3. The molecule has 0 spiro atoms. The number of guanidine groups is 1. The number of hydrogen-bond acceptors (Lipinski definition) is 4. The van der Waals surface area contributed by atoms with Crippen LogP contribution in [0, 0.1) is 6.92 Å². The van der Waals surface area contributed by atoms with Crippen molar-refractivity contribution in [1.82, 2.24) is 25.4 Å². The summed E-state index contributed by atoms with van der Waals surface area (Å²) in [4.78, 5) is 23.9. The molecule has 1 aromatic carbocycles. The highest BCUT2D eigenvalue weighted by atomic mass is 127. The number of benzene rings is 1. The van der Waals surface area contributed by atoms with E-state index in [9.17, 15) is 4.79 Å². The number of amides is 1. The maximum Gasteiger partial charge on any atom is 0.227 e. The predicted molar refractivity (Wildman–Crippen MR) is 133 cm³/mol. The molecule has 0 radical (unpaired) electrons. The van der Waals surface area contributed by atoms with Gasteiger partial charge >= 0.3 is 0 Å². The lowest BCUT2D eigenvalue weighted by atomic mass is 10.1. The Bertz CT molecular complexity index is 926. The lowest BCUT2D eigenvalue weighted by molar-refractivity contribution is -0.118. The molecule has 0 bridgehead atoms. The number of anilines is 1. The van der Waals surface area contributed by atoms with E-state index < -0.39 is 0 Å². The summed E-state index contributed by atoms with van der Waals surface area (Å²) in [5.74, 6) is 2.74. The second kappa shape index (κ2) is 10.9. The van der Waals surface area contributed by atoms with Crippen molar-refractivity contribution in [3.8, 4) is 0 Å². The highest BCUT2D eigenvalue weighted by molar-refractivity contribution is 14.0. The quantitative estimate of drug-likeness (QED) is 0.256. The van der Waals surface area contributed by atoms with Crippen molar-refractivity contribution < 1.29 is 4.79 Å². The Morgan fingerprint density at radius 3 is 2.97 bits per heavy atom. The van der Waals surface area contributed by atoms with E-state index in [1.54, 1.807) is 0 Å². The van der Waals surface area contributed by atoms with Crippen molar-refractivity contribution in [1.29, 1.82) is 0 Å². The summed E-state index contributed by atoms with van der Waals surface area (Å²) >= 11 is 0. The van der Waals surface area contributed by atoms with E-state index in [0.29, 0.717) is 13.0 Å². The summed E-state index contributed by atoms with van der Waals surface area (Å²) in [6.45, 7) is 7.08. The zero-order valence-electron chi connectivity index (χ0n) is 18.3. The van der Waals surface area contributed by atoms with Crippen molar-refractivity contribution in [3.63, 3.8) is 0 Å². The number of carbonyl (C=O) groups is 1. The maximum absolute atomic E-state index is 12.7. The lowest BCUT2D eigenvalue weighted by Gasteiger charge is -2.25. The third-order valence-electron chi connectivity index (χ3n) is 5.64. The normalized spacial score (nSPS) is 17.5. The zero-order valence-corrected chi connectivity index (χ0v) is 20.6. The Kier molecular flexibility index (Phi) is 8.28. The molecular weight excluding hydrogens is 505 g/mol. The van der Waals surface area contributed by atoms with Crippen LogP contribution in [0.2, 0.25) is 0 Å². The van der Waals surface area contributed by atoms with Crippen molar-refractivity contribution >= 4 is 41.5 Å². The summed E-state index contributed by atoms with van der Waals surface area (Å²) in [5.41, 5.74) is 2.33. The number of aryl methyl sites for hydroxylation is 2. The Morgan fingerprint density at radius 1 is 1.29 bits per heavy atom. The Morgan fingerprint density at radius 2 is 2.13 bits per heavy atom. The van der Waals surface area contributed by atoms with Gasteiger partial charge in [-0.3, -0.25) is 9.79 Å². The van der Waals surface area contributed by atoms with Gasteiger partial charge in [-0.1, -0.05) is 18.2 Å². The summed E-state index contributed by atoms with van der Waals surface area (Å²) in [5, 5.41) is 11.3. The van der Waals surface area contributed by atoms with Crippen molar-refractivity contribution in [3.05, 3.63) is 41.5 Å². The lowest BCUT2D eigenvalue weighted by Crippen LogP contribution is -2.41. The average Bonchev–Trinajstić information content (AvgIpc) is 3.34. The summed E-state index contributed by atoms with van der Waals surface area (Å²) < 4.78 is 1.99. The van der Waals surface area contributed by atoms with Crippen molar-refractivity contribution in [2.45, 2.75) is 58.5 Å². The fourth-order valence-corrected chi connectivity index (χ4v) is 4.24. The number of nitrogens with zero attached hydrogens (tertiary/aromatic N) is 5. The molecule has 0 saturated carbocycles. The van der Waals surface area contributed by atoms with Gasteiger partial charge in [0.2, 0.25) is 5.91 Å². The molecule has 2 aliphatic heterocycles. The molecule has 2 aromatic rings. The smallest absolute Gasteiger partial charge is 0.227 e. The van der Waals surface area contributed by atoms with E-state index in [-0.39, 0.29) is 35.9 Å². The van der Waals surface area contributed by atoms with Crippen LogP contribution in [-0.2, 0) is 17.8 Å². The third kappa shape index (κ3) is 5.55. The minimum absolute atomic E-state index is 0. The van der Waals surface area contributed by atoms with E-state index in [1.807, 2.05) is 34.7 Å². The van der Waals surface area contributed by atoms with E-state index in [4.69, 9.17) is 4.99 Å². The van der Waals surface area contributed by atoms with Crippen LogP contribution in [0.25, 0.3) is 0 Å². The van der Waals surface area contributed by atoms with Crippen LogP contribution < -0.4 is 15.5 Å². The number of aliphatic imine (C=N–C) groups is 1. The number of fused-ring (bicyclic) bond motifs is 2. The molecule has 168 valence electrons. The molecule has 0 aliphatic carbocycles. The van der Waals surface area contributed by atoms with Crippen LogP contribution in [0.4, 0.5) is 5.69 Å². The fraction of sp³-hybridized carbons (Fsp3) is 0.545. The maximum atomic E-state index is 12.7. The number of halogens is 1. The number of nitrogens with one attached hydrogen (secondary N) is 2. The summed E-state index contributed by atoms with van der Waals surface area (Å²) in [6, 6.07) is 8.29. The zero-order chi connectivity index (χ0) is 20.9. The predicted octanol–water partition coefficient (Wildman–Crippen LogP) is 2.96. The van der Waals surface area contributed by atoms with Crippen LogP contribution in [-0.4, -0.2) is 46.3 Å². The van der Waals surface area contributed by atoms with Crippen LogP contribution >= 0.6 is 24.0 Å². The number of hydrogen-bond donors (Lipinski definition) is 2. The van der Waals surface area contributed by atoms with Crippen LogP contribution in [0.1, 0.15) is 55.9 Å². The topological polar surface area (TPSA) is 87.4 Å². The van der Waals surface area contributed by atoms with Gasteiger partial charge in [-0.2, -0.15) is 5.10 Å². The first-order valence-corrected chi connectivity index (χ1v) is 11.0. The van der Waals surface area contributed by atoms with Crippen molar-refractivity contribution in [2.24, 2.45) is 4.99 Å². The first-order valence-electron chi connectivity index (χ1n) is 11.0. The van der Waals surface area contributed by atoms with Crippen LogP contribution in [0.5, 0.6) is 0 Å².